The van der Waals surface area contributed by atoms with E-state index >= 15 is 0 Å². The van der Waals surface area contributed by atoms with Crippen LogP contribution in [0.5, 0.6) is 0 Å². The highest BCUT2D eigenvalue weighted by Gasteiger charge is 2.26. The number of hydrogen-bond acceptors (Lipinski definition) is 5. The van der Waals surface area contributed by atoms with Crippen molar-refractivity contribution >= 4 is 35.5 Å². The second kappa shape index (κ2) is 7.13. The van der Waals surface area contributed by atoms with Gasteiger partial charge in [0.1, 0.15) is 6.04 Å². The molecule has 1 atom stereocenters. The number of carboxylic acid groups (broad SMARTS) is 1. The summed E-state index contributed by atoms with van der Waals surface area (Å²) in [5.74, 6) is -1.94. The molecule has 0 spiro atoms. The van der Waals surface area contributed by atoms with Gasteiger partial charge >= 0.3 is 5.97 Å². The average molecular weight is 288 g/mol. The summed E-state index contributed by atoms with van der Waals surface area (Å²) in [5, 5.41) is 11.1. The Morgan fingerprint density at radius 1 is 1.47 bits per heavy atom. The largest absolute Gasteiger partial charge is 0.480 e. The van der Waals surface area contributed by atoms with Crippen LogP contribution in [0.1, 0.15) is 19.8 Å². The molecule has 0 aromatic carbocycles. The fourth-order valence-electron chi connectivity index (χ4n) is 1.67. The Labute approximate surface area is 114 Å². The Bertz CT molecular complexity index is 399. The Morgan fingerprint density at radius 3 is 2.63 bits per heavy atom. The van der Waals surface area contributed by atoms with Crippen molar-refractivity contribution in [1.82, 2.24) is 10.2 Å². The van der Waals surface area contributed by atoms with Gasteiger partial charge in [0.15, 0.2) is 0 Å². The maximum Gasteiger partial charge on any atom is 0.327 e. The van der Waals surface area contributed by atoms with Crippen molar-refractivity contribution in [2.24, 2.45) is 0 Å². The van der Waals surface area contributed by atoms with Crippen LogP contribution in [0.25, 0.3) is 0 Å². The smallest absolute Gasteiger partial charge is 0.327 e. The number of likely N-dealkylation sites (tertiary alicyclic amines) is 1. The predicted octanol–water partition coefficient (Wildman–Crippen LogP) is -0.542. The number of thioether (sulfide) groups is 1. The lowest BCUT2D eigenvalue weighted by atomic mass is 10.3. The van der Waals surface area contributed by atoms with E-state index in [4.69, 9.17) is 5.11 Å². The van der Waals surface area contributed by atoms with Crippen LogP contribution in [0, 0.1) is 0 Å². The van der Waals surface area contributed by atoms with Gasteiger partial charge in [-0.1, -0.05) is 0 Å². The molecule has 1 unspecified atom stereocenters. The molecule has 2 N–H and O–H groups in total. The molecule has 19 heavy (non-hydrogen) atoms. The average Bonchev–Trinajstić information content (AvgIpc) is 2.73. The van der Waals surface area contributed by atoms with E-state index in [1.165, 1.54) is 11.8 Å². The zero-order valence-corrected chi connectivity index (χ0v) is 11.4. The minimum Gasteiger partial charge on any atom is -0.480 e. The first-order valence-electron chi connectivity index (χ1n) is 5.82. The second-order valence-electron chi connectivity index (χ2n) is 4.15. The minimum absolute atomic E-state index is 0.0368. The number of imide groups is 1. The molecule has 7 nitrogen and oxygen atoms in total. The summed E-state index contributed by atoms with van der Waals surface area (Å²) in [6.45, 7) is 1.67. The van der Waals surface area contributed by atoms with Gasteiger partial charge in [0.05, 0.1) is 5.75 Å². The molecule has 0 bridgehead atoms. The van der Waals surface area contributed by atoms with Crippen LogP contribution in [0.4, 0.5) is 0 Å². The monoisotopic (exact) mass is 288 g/mol. The molecule has 1 heterocycles. The first-order chi connectivity index (χ1) is 8.91. The number of hydrogen-bond donors (Lipinski definition) is 2. The van der Waals surface area contributed by atoms with Crippen LogP contribution in [0.15, 0.2) is 0 Å². The standard InChI is InChI=1S/C11H16N2O5S/c1-7(14)12-8(11(17)18)5-19-6-10(16)13-4-2-3-9(13)15/h8H,2-6H2,1H3,(H,12,14)(H,17,18). The first-order valence-corrected chi connectivity index (χ1v) is 6.98. The molecule has 0 aliphatic carbocycles. The zero-order chi connectivity index (χ0) is 14.4. The number of rotatable bonds is 6. The number of aliphatic carboxylic acids is 1. The maximum absolute atomic E-state index is 11.7. The van der Waals surface area contributed by atoms with Gasteiger partial charge in [-0.3, -0.25) is 19.3 Å². The van der Waals surface area contributed by atoms with Crippen molar-refractivity contribution in [3.63, 3.8) is 0 Å². The molecule has 1 rings (SSSR count). The highest BCUT2D eigenvalue weighted by Crippen LogP contribution is 2.13. The first kappa shape index (κ1) is 15.5. The Morgan fingerprint density at radius 2 is 2.16 bits per heavy atom. The highest BCUT2D eigenvalue weighted by molar-refractivity contribution is 8.00. The molecule has 1 aliphatic rings. The van der Waals surface area contributed by atoms with Crippen molar-refractivity contribution in [3.8, 4) is 0 Å². The molecule has 1 aliphatic heterocycles. The Kier molecular flexibility index (Phi) is 5.81. The minimum atomic E-state index is -1.15. The van der Waals surface area contributed by atoms with E-state index in [1.54, 1.807) is 0 Å². The fraction of sp³-hybridized carbons (Fsp3) is 0.636. The summed E-state index contributed by atoms with van der Waals surface area (Å²) in [6.07, 6.45) is 1.07. The van der Waals surface area contributed by atoms with E-state index in [1.807, 2.05) is 0 Å². The maximum atomic E-state index is 11.7. The lowest BCUT2D eigenvalue weighted by molar-refractivity contribution is -0.141. The molecular formula is C11H16N2O5S. The normalized spacial score (nSPS) is 16.3. The van der Waals surface area contributed by atoms with Crippen molar-refractivity contribution in [2.75, 3.05) is 18.1 Å². The van der Waals surface area contributed by atoms with Gasteiger partial charge in [0.25, 0.3) is 0 Å². The van der Waals surface area contributed by atoms with E-state index in [-0.39, 0.29) is 23.3 Å². The molecule has 3 amide bonds. The van der Waals surface area contributed by atoms with Gasteiger partial charge in [-0.15, -0.1) is 11.8 Å². The van der Waals surface area contributed by atoms with E-state index in [0.717, 1.165) is 11.8 Å². The molecule has 8 heteroatoms. The summed E-state index contributed by atoms with van der Waals surface area (Å²) in [5.41, 5.74) is 0. The van der Waals surface area contributed by atoms with Gasteiger partial charge in [-0.25, -0.2) is 4.79 Å². The molecule has 1 saturated heterocycles. The van der Waals surface area contributed by atoms with E-state index < -0.39 is 17.9 Å². The van der Waals surface area contributed by atoms with E-state index in [0.29, 0.717) is 19.4 Å². The van der Waals surface area contributed by atoms with E-state index in [9.17, 15) is 19.2 Å². The van der Waals surface area contributed by atoms with Crippen LogP contribution in [0.2, 0.25) is 0 Å². The third kappa shape index (κ3) is 4.90. The van der Waals surface area contributed by atoms with Crippen LogP contribution >= 0.6 is 11.8 Å². The molecule has 0 aromatic rings. The highest BCUT2D eigenvalue weighted by atomic mass is 32.2. The summed E-state index contributed by atoms with van der Waals surface area (Å²) >= 11 is 1.09. The molecule has 1 fully saturated rings. The van der Waals surface area contributed by atoms with Gasteiger partial charge in [-0.05, 0) is 6.42 Å². The molecule has 0 saturated carbocycles. The topological polar surface area (TPSA) is 104 Å². The number of carbonyl (C=O) groups is 4. The van der Waals surface area contributed by atoms with E-state index in [2.05, 4.69) is 5.32 Å². The van der Waals surface area contributed by atoms with Crippen molar-refractivity contribution in [1.29, 1.82) is 0 Å². The number of carbonyl (C=O) groups excluding carboxylic acids is 3. The van der Waals surface area contributed by atoms with Crippen molar-refractivity contribution in [3.05, 3.63) is 0 Å². The number of nitrogens with one attached hydrogen (secondary N) is 1. The molecule has 0 radical (unpaired) electrons. The van der Waals surface area contributed by atoms with Crippen LogP contribution < -0.4 is 5.32 Å². The summed E-state index contributed by atoms with van der Waals surface area (Å²) in [6, 6.07) is -1.02. The lowest BCUT2D eigenvalue weighted by Crippen LogP contribution is -2.42. The fourth-order valence-corrected chi connectivity index (χ4v) is 2.58. The molecule has 106 valence electrons. The third-order valence-corrected chi connectivity index (χ3v) is 3.58. The van der Waals surface area contributed by atoms with Crippen molar-refractivity contribution in [2.45, 2.75) is 25.8 Å². The molecule has 0 aromatic heterocycles. The second-order valence-corrected chi connectivity index (χ2v) is 5.18. The Balaban J connectivity index is 2.35. The SMILES string of the molecule is CC(=O)NC(CSCC(=O)N1CCCC1=O)C(=O)O. The quantitative estimate of drug-likeness (QED) is 0.680. The van der Waals surface area contributed by atoms with Crippen LogP contribution in [-0.2, 0) is 19.2 Å². The van der Waals surface area contributed by atoms with Crippen LogP contribution in [-0.4, -0.2) is 57.8 Å². The van der Waals surface area contributed by atoms with Gasteiger partial charge in [0, 0.05) is 25.6 Å². The molecular weight excluding hydrogens is 272 g/mol. The lowest BCUT2D eigenvalue weighted by Gasteiger charge is -2.15. The summed E-state index contributed by atoms with van der Waals surface area (Å²) in [7, 11) is 0. The number of amides is 3. The number of nitrogens with zero attached hydrogens (tertiary/aromatic N) is 1. The van der Waals surface area contributed by atoms with Crippen LogP contribution in [0.3, 0.4) is 0 Å². The third-order valence-electron chi connectivity index (χ3n) is 2.56. The summed E-state index contributed by atoms with van der Waals surface area (Å²) < 4.78 is 0. The van der Waals surface area contributed by atoms with Crippen molar-refractivity contribution < 1.29 is 24.3 Å². The Hall–Kier alpha value is -1.57. The van der Waals surface area contributed by atoms with Gasteiger partial charge < -0.3 is 10.4 Å². The zero-order valence-electron chi connectivity index (χ0n) is 10.5. The number of carboxylic acids is 1. The predicted molar refractivity (Wildman–Crippen MR) is 68.5 cm³/mol. The van der Waals surface area contributed by atoms with Gasteiger partial charge in [-0.2, -0.15) is 0 Å². The summed E-state index contributed by atoms with van der Waals surface area (Å²) in [4.78, 5) is 45.8. The van der Waals surface area contributed by atoms with Gasteiger partial charge in [0.2, 0.25) is 17.7 Å².